The van der Waals surface area contributed by atoms with Gasteiger partial charge >= 0.3 is 0 Å². The molecule has 0 N–H and O–H groups in total. The maximum Gasteiger partial charge on any atom is 0.155 e. The van der Waals surface area contributed by atoms with Crippen LogP contribution in [0.25, 0.3) is 16.9 Å². The van der Waals surface area contributed by atoms with E-state index < -0.39 is 0 Å². The average molecular weight is 267 g/mol. The fourth-order valence-corrected chi connectivity index (χ4v) is 2.13. The van der Waals surface area contributed by atoms with Crippen molar-refractivity contribution >= 4 is 5.65 Å². The van der Waals surface area contributed by atoms with Gasteiger partial charge in [-0.05, 0) is 25.5 Å². The van der Waals surface area contributed by atoms with Gasteiger partial charge in [-0.15, -0.1) is 0 Å². The molecule has 0 saturated heterocycles. The molecular weight excluding hydrogens is 250 g/mol. The van der Waals surface area contributed by atoms with Gasteiger partial charge in [0.15, 0.2) is 5.65 Å². The molecule has 0 radical (unpaired) electrons. The van der Waals surface area contributed by atoms with E-state index in [4.69, 9.17) is 4.74 Å². The summed E-state index contributed by atoms with van der Waals surface area (Å²) in [6, 6.07) is 12.2. The minimum Gasteiger partial charge on any atom is -0.374 e. The first-order valence-corrected chi connectivity index (χ1v) is 6.56. The summed E-state index contributed by atoms with van der Waals surface area (Å²) in [6.45, 7) is 4.11. The highest BCUT2D eigenvalue weighted by molar-refractivity contribution is 5.61. The van der Waals surface area contributed by atoms with E-state index in [0.717, 1.165) is 22.5 Å². The molecule has 0 amide bonds. The Labute approximate surface area is 118 Å². The minimum absolute atomic E-state index is 0.276. The Balaban J connectivity index is 1.98. The SMILES string of the molecule is COC(C)(C)c1ccc(-c2ccn3nccc3n2)cc1. The zero-order valence-corrected chi connectivity index (χ0v) is 11.9. The first-order valence-electron chi connectivity index (χ1n) is 6.56. The van der Waals surface area contributed by atoms with Gasteiger partial charge in [0.25, 0.3) is 0 Å². The maximum absolute atomic E-state index is 5.49. The molecule has 3 rings (SSSR count). The molecule has 0 fully saturated rings. The molecule has 0 bridgehead atoms. The van der Waals surface area contributed by atoms with Crippen LogP contribution in [0, 0.1) is 0 Å². The number of rotatable bonds is 3. The summed E-state index contributed by atoms with van der Waals surface area (Å²) in [6.07, 6.45) is 3.67. The summed E-state index contributed by atoms with van der Waals surface area (Å²) in [5, 5.41) is 4.15. The number of ether oxygens (including phenoxy) is 1. The lowest BCUT2D eigenvalue weighted by Crippen LogP contribution is -2.19. The van der Waals surface area contributed by atoms with Gasteiger partial charge in [-0.3, -0.25) is 0 Å². The Morgan fingerprint density at radius 3 is 2.50 bits per heavy atom. The fraction of sp³-hybridized carbons (Fsp3) is 0.250. The van der Waals surface area contributed by atoms with Crippen LogP contribution < -0.4 is 0 Å². The summed E-state index contributed by atoms with van der Waals surface area (Å²) < 4.78 is 7.25. The third kappa shape index (κ3) is 2.18. The van der Waals surface area contributed by atoms with Crippen LogP contribution in [0.2, 0.25) is 0 Å². The van der Waals surface area contributed by atoms with Crippen molar-refractivity contribution in [2.75, 3.05) is 7.11 Å². The highest BCUT2D eigenvalue weighted by Gasteiger charge is 2.18. The van der Waals surface area contributed by atoms with Crippen LogP contribution in [-0.4, -0.2) is 21.7 Å². The van der Waals surface area contributed by atoms with Crippen LogP contribution in [0.5, 0.6) is 0 Å². The van der Waals surface area contributed by atoms with Crippen LogP contribution in [0.4, 0.5) is 0 Å². The molecular formula is C16H17N3O. The van der Waals surface area contributed by atoms with Crippen molar-refractivity contribution in [3.63, 3.8) is 0 Å². The molecule has 102 valence electrons. The Kier molecular flexibility index (Phi) is 3.03. The number of nitrogens with zero attached hydrogens (tertiary/aromatic N) is 3. The minimum atomic E-state index is -0.276. The van der Waals surface area contributed by atoms with Crippen molar-refractivity contribution in [3.05, 3.63) is 54.4 Å². The van der Waals surface area contributed by atoms with E-state index in [1.165, 1.54) is 0 Å². The Morgan fingerprint density at radius 1 is 1.05 bits per heavy atom. The summed E-state index contributed by atoms with van der Waals surface area (Å²) in [5.41, 5.74) is 3.75. The van der Waals surface area contributed by atoms with E-state index in [0.29, 0.717) is 0 Å². The predicted molar refractivity (Wildman–Crippen MR) is 78.5 cm³/mol. The number of hydrogen-bond acceptors (Lipinski definition) is 3. The van der Waals surface area contributed by atoms with Gasteiger partial charge in [0.1, 0.15) is 0 Å². The second kappa shape index (κ2) is 4.72. The molecule has 0 unspecified atom stereocenters. The standard InChI is InChI=1S/C16H17N3O/c1-16(2,20-3)13-6-4-12(5-7-13)14-9-11-19-15(18-14)8-10-17-19/h4-11H,1-3H3. The number of methoxy groups -OCH3 is 1. The van der Waals surface area contributed by atoms with Crippen molar-refractivity contribution in [3.8, 4) is 11.3 Å². The molecule has 20 heavy (non-hydrogen) atoms. The third-order valence-corrected chi connectivity index (χ3v) is 3.64. The Hall–Kier alpha value is -2.20. The average Bonchev–Trinajstić information content (AvgIpc) is 2.94. The normalized spacial score (nSPS) is 11.9. The van der Waals surface area contributed by atoms with Gasteiger partial charge in [0, 0.05) is 24.9 Å². The predicted octanol–water partition coefficient (Wildman–Crippen LogP) is 3.28. The van der Waals surface area contributed by atoms with Crippen LogP contribution in [0.1, 0.15) is 19.4 Å². The second-order valence-corrected chi connectivity index (χ2v) is 5.24. The van der Waals surface area contributed by atoms with Crippen LogP contribution in [0.15, 0.2) is 48.8 Å². The van der Waals surface area contributed by atoms with E-state index in [-0.39, 0.29) is 5.60 Å². The fourth-order valence-electron chi connectivity index (χ4n) is 2.13. The molecule has 0 aliphatic carbocycles. The molecule has 1 aromatic carbocycles. The van der Waals surface area contributed by atoms with Crippen molar-refractivity contribution < 1.29 is 4.74 Å². The van der Waals surface area contributed by atoms with Crippen LogP contribution >= 0.6 is 0 Å². The maximum atomic E-state index is 5.49. The first-order chi connectivity index (χ1) is 9.60. The Bertz CT molecular complexity index is 729. The van der Waals surface area contributed by atoms with Crippen LogP contribution in [0.3, 0.4) is 0 Å². The molecule has 0 saturated carbocycles. The van der Waals surface area contributed by atoms with Gasteiger partial charge < -0.3 is 4.74 Å². The largest absolute Gasteiger partial charge is 0.374 e. The number of aromatic nitrogens is 3. The third-order valence-electron chi connectivity index (χ3n) is 3.64. The smallest absolute Gasteiger partial charge is 0.155 e. The zero-order valence-electron chi connectivity index (χ0n) is 11.9. The molecule has 0 aliphatic heterocycles. The van der Waals surface area contributed by atoms with Crippen molar-refractivity contribution in [1.29, 1.82) is 0 Å². The second-order valence-electron chi connectivity index (χ2n) is 5.24. The van der Waals surface area contributed by atoms with Crippen molar-refractivity contribution in [2.24, 2.45) is 0 Å². The van der Waals surface area contributed by atoms with Crippen molar-refractivity contribution in [2.45, 2.75) is 19.4 Å². The molecule has 0 spiro atoms. The summed E-state index contributed by atoms with van der Waals surface area (Å²) in [7, 11) is 1.73. The number of hydrogen-bond donors (Lipinski definition) is 0. The molecule has 2 aromatic heterocycles. The Morgan fingerprint density at radius 2 is 1.80 bits per heavy atom. The van der Waals surface area contributed by atoms with Gasteiger partial charge in [0.05, 0.1) is 17.5 Å². The topological polar surface area (TPSA) is 39.4 Å². The van der Waals surface area contributed by atoms with E-state index in [1.54, 1.807) is 17.8 Å². The molecule has 0 aliphatic rings. The zero-order chi connectivity index (χ0) is 14.2. The van der Waals surface area contributed by atoms with E-state index in [9.17, 15) is 0 Å². The lowest BCUT2D eigenvalue weighted by molar-refractivity contribution is 0.0192. The number of fused-ring (bicyclic) bond motifs is 1. The lowest BCUT2D eigenvalue weighted by atomic mass is 9.96. The van der Waals surface area contributed by atoms with Gasteiger partial charge in [0.2, 0.25) is 0 Å². The lowest BCUT2D eigenvalue weighted by Gasteiger charge is -2.23. The van der Waals surface area contributed by atoms with E-state index in [2.05, 4.69) is 48.2 Å². The van der Waals surface area contributed by atoms with Gasteiger partial charge in [-0.25, -0.2) is 9.50 Å². The quantitative estimate of drug-likeness (QED) is 0.731. The first kappa shape index (κ1) is 12.8. The molecule has 3 aromatic rings. The highest BCUT2D eigenvalue weighted by Crippen LogP contribution is 2.26. The summed E-state index contributed by atoms with van der Waals surface area (Å²) in [4.78, 5) is 4.59. The monoisotopic (exact) mass is 267 g/mol. The molecule has 0 atom stereocenters. The molecule has 2 heterocycles. The number of benzene rings is 1. The van der Waals surface area contributed by atoms with Crippen LogP contribution in [-0.2, 0) is 10.3 Å². The highest BCUT2D eigenvalue weighted by atomic mass is 16.5. The van der Waals surface area contributed by atoms with Gasteiger partial charge in [-0.1, -0.05) is 24.3 Å². The van der Waals surface area contributed by atoms with E-state index >= 15 is 0 Å². The molecule has 4 nitrogen and oxygen atoms in total. The van der Waals surface area contributed by atoms with Crippen molar-refractivity contribution in [1.82, 2.24) is 14.6 Å². The molecule has 4 heteroatoms. The van der Waals surface area contributed by atoms with Gasteiger partial charge in [-0.2, -0.15) is 5.10 Å². The van der Waals surface area contributed by atoms with E-state index in [1.807, 2.05) is 18.3 Å². The summed E-state index contributed by atoms with van der Waals surface area (Å²) >= 11 is 0. The summed E-state index contributed by atoms with van der Waals surface area (Å²) in [5.74, 6) is 0.